The summed E-state index contributed by atoms with van der Waals surface area (Å²) < 4.78 is 5.31. The first kappa shape index (κ1) is 19.0. The maximum Gasteiger partial charge on any atom is 0.191 e. The molecule has 0 spiro atoms. The number of nitrogens with one attached hydrogen (secondary N) is 2. The van der Waals surface area contributed by atoms with Crippen LogP contribution in [0.5, 0.6) is 0 Å². The zero-order valence-corrected chi connectivity index (χ0v) is 15.5. The van der Waals surface area contributed by atoms with E-state index in [0.29, 0.717) is 17.1 Å². The molecule has 1 aromatic rings. The molecule has 0 saturated heterocycles. The Morgan fingerprint density at radius 2 is 2.12 bits per heavy atom. The van der Waals surface area contributed by atoms with Gasteiger partial charge in [0.1, 0.15) is 5.15 Å². The Kier molecular flexibility index (Phi) is 7.79. The van der Waals surface area contributed by atoms with Gasteiger partial charge >= 0.3 is 0 Å². The number of hydrogen-bond donors (Lipinski definition) is 2. The van der Waals surface area contributed by atoms with Gasteiger partial charge in [0, 0.05) is 33.0 Å². The van der Waals surface area contributed by atoms with Crippen LogP contribution in [-0.2, 0) is 11.3 Å². The summed E-state index contributed by atoms with van der Waals surface area (Å²) in [5, 5.41) is 7.36. The molecule has 0 unspecified atom stereocenters. The van der Waals surface area contributed by atoms with Gasteiger partial charge < -0.3 is 15.4 Å². The van der Waals surface area contributed by atoms with Gasteiger partial charge in [-0.05, 0) is 43.2 Å². The summed E-state index contributed by atoms with van der Waals surface area (Å²) in [6.07, 6.45) is 8.04. The lowest BCUT2D eigenvalue weighted by Crippen LogP contribution is -2.43. The van der Waals surface area contributed by atoms with Gasteiger partial charge in [0.05, 0.1) is 6.54 Å². The van der Waals surface area contributed by atoms with E-state index in [9.17, 15) is 0 Å². The topological polar surface area (TPSA) is 58.5 Å². The molecular weight excluding hydrogens is 324 g/mol. The Morgan fingerprint density at radius 3 is 2.75 bits per heavy atom. The smallest absolute Gasteiger partial charge is 0.191 e. The molecule has 2 rings (SSSR count). The highest BCUT2D eigenvalue weighted by Crippen LogP contribution is 2.40. The summed E-state index contributed by atoms with van der Waals surface area (Å²) in [5.74, 6) is 0.858. The Bertz CT molecular complexity index is 512. The Labute approximate surface area is 150 Å². The van der Waals surface area contributed by atoms with E-state index in [1.807, 2.05) is 6.07 Å². The van der Waals surface area contributed by atoms with Gasteiger partial charge in [-0.3, -0.25) is 0 Å². The second kappa shape index (κ2) is 9.84. The SMILES string of the molecule is CCNC(=NCc1ccc(Cl)nc1)NCC1(CCOC)CCCC1. The lowest BCUT2D eigenvalue weighted by atomic mass is 9.83. The van der Waals surface area contributed by atoms with Crippen LogP contribution >= 0.6 is 11.6 Å². The highest BCUT2D eigenvalue weighted by atomic mass is 35.5. The van der Waals surface area contributed by atoms with Crippen molar-refractivity contribution in [2.45, 2.75) is 45.6 Å². The van der Waals surface area contributed by atoms with Gasteiger partial charge in [0.15, 0.2) is 5.96 Å². The summed E-state index contributed by atoms with van der Waals surface area (Å²) >= 11 is 5.82. The molecule has 0 bridgehead atoms. The minimum atomic E-state index is 0.341. The summed E-state index contributed by atoms with van der Waals surface area (Å²) in [4.78, 5) is 8.76. The van der Waals surface area contributed by atoms with Gasteiger partial charge in [0.25, 0.3) is 0 Å². The third kappa shape index (κ3) is 5.95. The van der Waals surface area contributed by atoms with Crippen molar-refractivity contribution in [3.8, 4) is 0 Å². The number of aliphatic imine (C=N–C) groups is 1. The van der Waals surface area contributed by atoms with Crippen LogP contribution in [0.1, 0.15) is 44.6 Å². The molecule has 1 aliphatic rings. The molecular formula is C18H29ClN4O. The van der Waals surface area contributed by atoms with Crippen LogP contribution in [0, 0.1) is 5.41 Å². The van der Waals surface area contributed by atoms with E-state index in [4.69, 9.17) is 16.3 Å². The van der Waals surface area contributed by atoms with Crippen LogP contribution in [0.3, 0.4) is 0 Å². The molecule has 2 N–H and O–H groups in total. The first-order chi connectivity index (χ1) is 11.7. The zero-order chi connectivity index (χ0) is 17.3. The molecule has 1 aliphatic carbocycles. The van der Waals surface area contributed by atoms with Crippen LogP contribution in [0.2, 0.25) is 5.15 Å². The minimum Gasteiger partial charge on any atom is -0.385 e. The monoisotopic (exact) mass is 352 g/mol. The number of methoxy groups -OCH3 is 1. The molecule has 0 aliphatic heterocycles. The molecule has 0 aromatic carbocycles. The largest absolute Gasteiger partial charge is 0.385 e. The fraction of sp³-hybridized carbons (Fsp3) is 0.667. The van der Waals surface area contributed by atoms with Crippen LogP contribution in [0.25, 0.3) is 0 Å². The van der Waals surface area contributed by atoms with Gasteiger partial charge in [-0.15, -0.1) is 0 Å². The van der Waals surface area contributed by atoms with Crippen LogP contribution in [-0.4, -0.2) is 37.7 Å². The maximum absolute atomic E-state index is 5.82. The Morgan fingerprint density at radius 1 is 1.33 bits per heavy atom. The number of ether oxygens (including phenoxy) is 1. The first-order valence-corrected chi connectivity index (χ1v) is 9.17. The first-order valence-electron chi connectivity index (χ1n) is 8.79. The summed E-state index contributed by atoms with van der Waals surface area (Å²) in [6, 6.07) is 3.75. The highest BCUT2D eigenvalue weighted by molar-refractivity contribution is 6.29. The molecule has 1 aromatic heterocycles. The van der Waals surface area contributed by atoms with Crippen molar-refractivity contribution < 1.29 is 4.74 Å². The summed E-state index contributed by atoms with van der Waals surface area (Å²) in [7, 11) is 1.78. The van der Waals surface area contributed by atoms with Crippen LogP contribution < -0.4 is 10.6 Å². The molecule has 5 nitrogen and oxygen atoms in total. The predicted molar refractivity (Wildman–Crippen MR) is 99.5 cm³/mol. The maximum atomic E-state index is 5.82. The number of guanidine groups is 1. The third-order valence-corrected chi connectivity index (χ3v) is 4.91. The molecule has 0 amide bonds. The second-order valence-electron chi connectivity index (χ2n) is 6.49. The molecule has 0 radical (unpaired) electrons. The zero-order valence-electron chi connectivity index (χ0n) is 14.8. The molecule has 134 valence electrons. The molecule has 1 fully saturated rings. The number of rotatable bonds is 8. The molecule has 1 heterocycles. The van der Waals surface area contributed by atoms with E-state index in [0.717, 1.165) is 37.6 Å². The molecule has 6 heteroatoms. The lowest BCUT2D eigenvalue weighted by molar-refractivity contribution is 0.138. The molecule has 0 atom stereocenters. The van der Waals surface area contributed by atoms with Crippen LogP contribution in [0.4, 0.5) is 0 Å². The second-order valence-corrected chi connectivity index (χ2v) is 6.88. The van der Waals surface area contributed by atoms with E-state index >= 15 is 0 Å². The summed E-state index contributed by atoms with van der Waals surface area (Å²) in [6.45, 7) is 5.28. The average Bonchev–Trinajstić information content (AvgIpc) is 3.06. The van der Waals surface area contributed by atoms with E-state index < -0.39 is 0 Å². The Hall–Kier alpha value is -1.33. The third-order valence-electron chi connectivity index (χ3n) is 4.68. The normalized spacial score (nSPS) is 17.0. The van der Waals surface area contributed by atoms with E-state index in [-0.39, 0.29) is 0 Å². The molecule has 24 heavy (non-hydrogen) atoms. The predicted octanol–water partition coefficient (Wildman–Crippen LogP) is 3.39. The average molecular weight is 353 g/mol. The summed E-state index contributed by atoms with van der Waals surface area (Å²) in [5.41, 5.74) is 1.39. The van der Waals surface area contributed by atoms with Gasteiger partial charge in [0.2, 0.25) is 0 Å². The minimum absolute atomic E-state index is 0.341. The van der Waals surface area contributed by atoms with E-state index in [1.54, 1.807) is 19.4 Å². The van der Waals surface area contributed by atoms with Crippen molar-refractivity contribution >= 4 is 17.6 Å². The number of nitrogens with zero attached hydrogens (tertiary/aromatic N) is 2. The van der Waals surface area contributed by atoms with Crippen molar-refractivity contribution in [2.75, 3.05) is 26.8 Å². The highest BCUT2D eigenvalue weighted by Gasteiger charge is 2.33. The number of halogens is 1. The van der Waals surface area contributed by atoms with Crippen molar-refractivity contribution in [1.82, 2.24) is 15.6 Å². The van der Waals surface area contributed by atoms with Gasteiger partial charge in [-0.1, -0.05) is 30.5 Å². The van der Waals surface area contributed by atoms with E-state index in [1.165, 1.54) is 25.7 Å². The van der Waals surface area contributed by atoms with Gasteiger partial charge in [-0.25, -0.2) is 9.98 Å². The van der Waals surface area contributed by atoms with Crippen molar-refractivity contribution in [3.05, 3.63) is 29.0 Å². The fourth-order valence-electron chi connectivity index (χ4n) is 3.24. The number of hydrogen-bond acceptors (Lipinski definition) is 3. The fourth-order valence-corrected chi connectivity index (χ4v) is 3.35. The quantitative estimate of drug-likeness (QED) is 0.428. The van der Waals surface area contributed by atoms with Crippen molar-refractivity contribution in [2.24, 2.45) is 10.4 Å². The van der Waals surface area contributed by atoms with Crippen molar-refractivity contribution in [1.29, 1.82) is 0 Å². The number of aromatic nitrogens is 1. The standard InChI is InChI=1S/C18H29ClN4O/c1-3-20-17(22-13-15-6-7-16(19)21-12-15)23-14-18(10-11-24-2)8-4-5-9-18/h6-7,12H,3-5,8-11,13-14H2,1-2H3,(H2,20,22,23). The Balaban J connectivity index is 1.93. The van der Waals surface area contributed by atoms with Gasteiger partial charge in [-0.2, -0.15) is 0 Å². The van der Waals surface area contributed by atoms with Crippen LogP contribution in [0.15, 0.2) is 23.3 Å². The molecule has 1 saturated carbocycles. The number of pyridine rings is 1. The lowest BCUT2D eigenvalue weighted by Gasteiger charge is -2.30. The van der Waals surface area contributed by atoms with Crippen molar-refractivity contribution in [3.63, 3.8) is 0 Å². The van der Waals surface area contributed by atoms with E-state index in [2.05, 4.69) is 27.5 Å².